The fraction of sp³-hybridized carbons (Fsp3) is 0.471. The zero-order valence-corrected chi connectivity index (χ0v) is 13.2. The number of aromatic nitrogens is 2. The molecule has 0 aliphatic rings. The number of nitrogens with zero attached hydrogens (tertiary/aromatic N) is 2. The van der Waals surface area contributed by atoms with Gasteiger partial charge < -0.3 is 10.1 Å². The molecule has 0 aliphatic carbocycles. The molecule has 0 saturated heterocycles. The van der Waals surface area contributed by atoms with Gasteiger partial charge in [-0.15, -0.1) is 0 Å². The van der Waals surface area contributed by atoms with Crippen LogP contribution in [0, 0.1) is 6.92 Å². The predicted octanol–water partition coefficient (Wildman–Crippen LogP) is 2.72. The molecule has 21 heavy (non-hydrogen) atoms. The van der Waals surface area contributed by atoms with Gasteiger partial charge in [-0.3, -0.25) is 4.68 Å². The zero-order valence-electron chi connectivity index (χ0n) is 13.2. The van der Waals surface area contributed by atoms with Crippen LogP contribution in [0.15, 0.2) is 36.5 Å². The van der Waals surface area contributed by atoms with Crippen molar-refractivity contribution in [1.29, 1.82) is 0 Å². The van der Waals surface area contributed by atoms with E-state index in [-0.39, 0.29) is 0 Å². The number of hydrogen-bond donors (Lipinski definition) is 1. The summed E-state index contributed by atoms with van der Waals surface area (Å²) >= 11 is 0. The number of aryl methyl sites for hydroxylation is 2. The topological polar surface area (TPSA) is 39.1 Å². The third-order valence-corrected chi connectivity index (χ3v) is 3.44. The van der Waals surface area contributed by atoms with Crippen LogP contribution in [0.1, 0.15) is 24.6 Å². The summed E-state index contributed by atoms with van der Waals surface area (Å²) in [6.45, 7) is 5.89. The molecule has 1 unspecified atom stereocenters. The first-order chi connectivity index (χ1) is 10.2. The minimum atomic E-state index is 0.398. The van der Waals surface area contributed by atoms with E-state index < -0.39 is 0 Å². The Balaban J connectivity index is 1.82. The molecule has 1 heterocycles. The summed E-state index contributed by atoms with van der Waals surface area (Å²) in [5.74, 6) is 0.947. The van der Waals surface area contributed by atoms with Crippen molar-refractivity contribution in [2.24, 2.45) is 7.05 Å². The van der Waals surface area contributed by atoms with Crippen LogP contribution in [-0.2, 0) is 13.5 Å². The Hall–Kier alpha value is -1.81. The molecule has 0 amide bonds. The molecule has 1 N–H and O–H groups in total. The first kappa shape index (κ1) is 15.6. The standard InChI is InChI=1S/C17H25N3O/c1-4-18-15(13-16-8-10-20(3)19-16)9-11-21-17-7-5-6-14(2)12-17/h5-8,10,12,15,18H,4,9,11,13H2,1-3H3. The molecule has 0 spiro atoms. The summed E-state index contributed by atoms with van der Waals surface area (Å²) in [7, 11) is 1.95. The fourth-order valence-electron chi connectivity index (χ4n) is 2.41. The van der Waals surface area contributed by atoms with Gasteiger partial charge in [-0.1, -0.05) is 19.1 Å². The summed E-state index contributed by atoms with van der Waals surface area (Å²) in [5.41, 5.74) is 2.35. The molecule has 4 heteroatoms. The zero-order chi connectivity index (χ0) is 15.1. The van der Waals surface area contributed by atoms with Crippen LogP contribution in [0.5, 0.6) is 5.75 Å². The molecular weight excluding hydrogens is 262 g/mol. The first-order valence-corrected chi connectivity index (χ1v) is 7.58. The molecule has 0 aliphatic heterocycles. The van der Waals surface area contributed by atoms with Crippen molar-refractivity contribution in [2.75, 3.05) is 13.2 Å². The van der Waals surface area contributed by atoms with Crippen LogP contribution in [0.25, 0.3) is 0 Å². The number of benzene rings is 1. The second-order valence-electron chi connectivity index (χ2n) is 5.39. The summed E-state index contributed by atoms with van der Waals surface area (Å²) < 4.78 is 7.69. The largest absolute Gasteiger partial charge is 0.494 e. The number of nitrogens with one attached hydrogen (secondary N) is 1. The van der Waals surface area contributed by atoms with Crippen molar-refractivity contribution in [1.82, 2.24) is 15.1 Å². The number of ether oxygens (including phenoxy) is 1. The maximum atomic E-state index is 5.84. The highest BCUT2D eigenvalue weighted by Crippen LogP contribution is 2.13. The number of rotatable bonds is 8. The third-order valence-electron chi connectivity index (χ3n) is 3.44. The van der Waals surface area contributed by atoms with Gasteiger partial charge in [-0.2, -0.15) is 5.10 Å². The molecule has 0 bridgehead atoms. The first-order valence-electron chi connectivity index (χ1n) is 7.58. The lowest BCUT2D eigenvalue weighted by Gasteiger charge is -2.17. The summed E-state index contributed by atoms with van der Waals surface area (Å²) in [6.07, 6.45) is 3.89. The molecule has 1 atom stereocenters. The molecule has 0 fully saturated rings. The third kappa shape index (κ3) is 5.23. The smallest absolute Gasteiger partial charge is 0.119 e. The molecule has 2 aromatic rings. The van der Waals surface area contributed by atoms with Gasteiger partial charge in [0, 0.05) is 25.7 Å². The van der Waals surface area contributed by atoms with Crippen molar-refractivity contribution in [2.45, 2.75) is 32.7 Å². The van der Waals surface area contributed by atoms with E-state index in [1.54, 1.807) is 0 Å². The number of hydrogen-bond acceptors (Lipinski definition) is 3. The van der Waals surface area contributed by atoms with Crippen LogP contribution < -0.4 is 10.1 Å². The van der Waals surface area contributed by atoms with E-state index in [2.05, 4.69) is 42.5 Å². The highest BCUT2D eigenvalue weighted by molar-refractivity contribution is 5.27. The average Bonchev–Trinajstić information content (AvgIpc) is 2.84. The molecule has 1 aromatic carbocycles. The Labute approximate surface area is 127 Å². The van der Waals surface area contributed by atoms with Gasteiger partial charge in [-0.05, 0) is 43.7 Å². The number of likely N-dealkylation sites (N-methyl/N-ethyl adjacent to an activating group) is 1. The van der Waals surface area contributed by atoms with E-state index in [9.17, 15) is 0 Å². The Kier molecular flexibility index (Phi) is 5.81. The van der Waals surface area contributed by atoms with Gasteiger partial charge in [0.15, 0.2) is 0 Å². The minimum Gasteiger partial charge on any atom is -0.494 e. The lowest BCUT2D eigenvalue weighted by Crippen LogP contribution is -2.32. The van der Waals surface area contributed by atoms with E-state index in [0.29, 0.717) is 12.6 Å². The predicted molar refractivity (Wildman–Crippen MR) is 85.7 cm³/mol. The summed E-state index contributed by atoms with van der Waals surface area (Å²) in [5, 5.41) is 7.96. The van der Waals surface area contributed by atoms with Crippen LogP contribution >= 0.6 is 0 Å². The van der Waals surface area contributed by atoms with E-state index in [0.717, 1.165) is 30.8 Å². The van der Waals surface area contributed by atoms with Crippen LogP contribution in [0.4, 0.5) is 0 Å². The van der Waals surface area contributed by atoms with Gasteiger partial charge in [0.2, 0.25) is 0 Å². The molecule has 4 nitrogen and oxygen atoms in total. The van der Waals surface area contributed by atoms with Crippen LogP contribution in [0.3, 0.4) is 0 Å². The minimum absolute atomic E-state index is 0.398. The van der Waals surface area contributed by atoms with Crippen molar-refractivity contribution in [3.05, 3.63) is 47.8 Å². The molecule has 2 rings (SSSR count). The van der Waals surface area contributed by atoms with Crippen molar-refractivity contribution >= 4 is 0 Å². The maximum Gasteiger partial charge on any atom is 0.119 e. The van der Waals surface area contributed by atoms with Gasteiger partial charge in [0.05, 0.1) is 12.3 Å². The van der Waals surface area contributed by atoms with E-state index in [1.165, 1.54) is 5.56 Å². The fourth-order valence-corrected chi connectivity index (χ4v) is 2.41. The molecule has 1 aromatic heterocycles. The van der Waals surface area contributed by atoms with Crippen molar-refractivity contribution in [3.8, 4) is 5.75 Å². The molecule has 114 valence electrons. The van der Waals surface area contributed by atoms with E-state index >= 15 is 0 Å². The van der Waals surface area contributed by atoms with Crippen LogP contribution in [0.2, 0.25) is 0 Å². The Morgan fingerprint density at radius 3 is 2.86 bits per heavy atom. The average molecular weight is 287 g/mol. The SMILES string of the molecule is CCNC(CCOc1cccc(C)c1)Cc1ccn(C)n1. The van der Waals surface area contributed by atoms with Gasteiger partial charge >= 0.3 is 0 Å². The summed E-state index contributed by atoms with van der Waals surface area (Å²) in [4.78, 5) is 0. The molecule has 0 saturated carbocycles. The maximum absolute atomic E-state index is 5.84. The van der Waals surface area contributed by atoms with Gasteiger partial charge in [0.25, 0.3) is 0 Å². The van der Waals surface area contributed by atoms with E-state index in [1.807, 2.05) is 30.1 Å². The Bertz CT molecular complexity index is 550. The monoisotopic (exact) mass is 287 g/mol. The van der Waals surface area contributed by atoms with Crippen molar-refractivity contribution < 1.29 is 4.74 Å². The van der Waals surface area contributed by atoms with Crippen molar-refractivity contribution in [3.63, 3.8) is 0 Å². The van der Waals surface area contributed by atoms with Crippen LogP contribution in [-0.4, -0.2) is 29.0 Å². The van der Waals surface area contributed by atoms with Gasteiger partial charge in [-0.25, -0.2) is 0 Å². The molecular formula is C17H25N3O. The lowest BCUT2D eigenvalue weighted by molar-refractivity contribution is 0.285. The second kappa shape index (κ2) is 7.84. The Morgan fingerprint density at radius 1 is 1.33 bits per heavy atom. The second-order valence-corrected chi connectivity index (χ2v) is 5.39. The highest BCUT2D eigenvalue weighted by atomic mass is 16.5. The normalized spacial score (nSPS) is 12.3. The summed E-state index contributed by atoms with van der Waals surface area (Å²) in [6, 6.07) is 10.7. The quantitative estimate of drug-likeness (QED) is 0.811. The Morgan fingerprint density at radius 2 is 2.19 bits per heavy atom. The van der Waals surface area contributed by atoms with Gasteiger partial charge in [0.1, 0.15) is 5.75 Å². The lowest BCUT2D eigenvalue weighted by atomic mass is 10.1. The van der Waals surface area contributed by atoms with E-state index in [4.69, 9.17) is 4.74 Å². The highest BCUT2D eigenvalue weighted by Gasteiger charge is 2.10. The molecule has 0 radical (unpaired) electrons.